The second-order valence-electron chi connectivity index (χ2n) is 4.56. The Balaban J connectivity index is 1.59. The molecule has 0 amide bonds. The molecule has 0 bridgehead atoms. The lowest BCUT2D eigenvalue weighted by atomic mass is 10.2. The highest BCUT2D eigenvalue weighted by molar-refractivity contribution is 6.30. The number of aromatic nitrogens is 2. The maximum Gasteiger partial charge on any atom is 0.228 e. The van der Waals surface area contributed by atoms with Crippen molar-refractivity contribution < 1.29 is 4.52 Å². The van der Waals surface area contributed by atoms with Crippen LogP contribution in [0.15, 0.2) is 59.1 Å². The van der Waals surface area contributed by atoms with E-state index in [-0.39, 0.29) is 0 Å². The van der Waals surface area contributed by atoms with Crippen LogP contribution in [-0.2, 0) is 6.42 Å². The number of nitrogens with zero attached hydrogens (tertiary/aromatic N) is 2. The normalized spacial score (nSPS) is 10.5. The molecule has 0 atom stereocenters. The minimum absolute atomic E-state index is 0.585. The smallest absolute Gasteiger partial charge is 0.228 e. The number of benzene rings is 2. The number of hydrogen-bond donors (Lipinski definition) is 1. The summed E-state index contributed by atoms with van der Waals surface area (Å²) < 4.78 is 5.25. The fourth-order valence-electron chi connectivity index (χ4n) is 1.94. The molecule has 0 saturated carbocycles. The van der Waals surface area contributed by atoms with E-state index in [1.54, 1.807) is 0 Å². The summed E-state index contributed by atoms with van der Waals surface area (Å²) in [6, 6.07) is 17.4. The van der Waals surface area contributed by atoms with Gasteiger partial charge in [-0.3, -0.25) is 0 Å². The van der Waals surface area contributed by atoms with Crippen molar-refractivity contribution in [1.82, 2.24) is 10.1 Å². The largest absolute Gasteiger partial charge is 0.385 e. The molecule has 21 heavy (non-hydrogen) atoms. The first-order valence-corrected chi connectivity index (χ1v) is 7.06. The molecule has 0 aliphatic rings. The third kappa shape index (κ3) is 3.61. The van der Waals surface area contributed by atoms with E-state index < -0.39 is 0 Å². The molecular formula is C16H14ClN3O. The van der Waals surface area contributed by atoms with E-state index in [0.29, 0.717) is 23.2 Å². The van der Waals surface area contributed by atoms with Gasteiger partial charge in [-0.15, -0.1) is 0 Å². The van der Waals surface area contributed by atoms with E-state index in [4.69, 9.17) is 16.1 Å². The highest BCUT2D eigenvalue weighted by Gasteiger charge is 2.08. The number of nitrogens with one attached hydrogen (secondary N) is 1. The zero-order valence-electron chi connectivity index (χ0n) is 11.3. The molecule has 1 aromatic heterocycles. The van der Waals surface area contributed by atoms with E-state index >= 15 is 0 Å². The van der Waals surface area contributed by atoms with Crippen LogP contribution in [0.3, 0.4) is 0 Å². The third-order valence-corrected chi connectivity index (χ3v) is 3.26. The molecule has 0 fully saturated rings. The summed E-state index contributed by atoms with van der Waals surface area (Å²) in [6.07, 6.45) is 0.676. The van der Waals surface area contributed by atoms with Gasteiger partial charge in [-0.25, -0.2) is 0 Å². The molecule has 0 radical (unpaired) electrons. The molecule has 0 aliphatic heterocycles. The number of halogens is 1. The highest BCUT2D eigenvalue weighted by Crippen LogP contribution is 2.18. The SMILES string of the molecule is Clc1ccc(-c2noc(CCNc3ccccc3)n2)cc1. The molecular weight excluding hydrogens is 286 g/mol. The maximum atomic E-state index is 5.86. The predicted octanol–water partition coefficient (Wildman–Crippen LogP) is 4.04. The van der Waals surface area contributed by atoms with Crippen LogP contribution in [0.5, 0.6) is 0 Å². The molecule has 3 rings (SSSR count). The summed E-state index contributed by atoms with van der Waals surface area (Å²) in [6.45, 7) is 0.742. The Morgan fingerprint density at radius 2 is 1.76 bits per heavy atom. The van der Waals surface area contributed by atoms with Crippen molar-refractivity contribution in [3.8, 4) is 11.4 Å². The minimum Gasteiger partial charge on any atom is -0.385 e. The molecule has 1 heterocycles. The Morgan fingerprint density at radius 1 is 1.00 bits per heavy atom. The predicted molar refractivity (Wildman–Crippen MR) is 83.4 cm³/mol. The fraction of sp³-hybridized carbons (Fsp3) is 0.125. The van der Waals surface area contributed by atoms with Gasteiger partial charge in [0.25, 0.3) is 0 Å². The Kier molecular flexibility index (Phi) is 4.17. The van der Waals surface area contributed by atoms with Crippen LogP contribution in [0.1, 0.15) is 5.89 Å². The van der Waals surface area contributed by atoms with Crippen LogP contribution in [0.25, 0.3) is 11.4 Å². The van der Waals surface area contributed by atoms with Crippen LogP contribution in [0.2, 0.25) is 5.02 Å². The number of anilines is 1. The first-order valence-electron chi connectivity index (χ1n) is 6.69. The average molecular weight is 300 g/mol. The summed E-state index contributed by atoms with van der Waals surface area (Å²) in [5.74, 6) is 1.20. The van der Waals surface area contributed by atoms with E-state index in [9.17, 15) is 0 Å². The van der Waals surface area contributed by atoms with Gasteiger partial charge in [-0.1, -0.05) is 35.0 Å². The topological polar surface area (TPSA) is 51.0 Å². The van der Waals surface area contributed by atoms with Gasteiger partial charge in [0.1, 0.15) is 0 Å². The van der Waals surface area contributed by atoms with Crippen LogP contribution in [0.4, 0.5) is 5.69 Å². The Hall–Kier alpha value is -2.33. The van der Waals surface area contributed by atoms with Crippen molar-refractivity contribution in [3.63, 3.8) is 0 Å². The fourth-order valence-corrected chi connectivity index (χ4v) is 2.07. The molecule has 0 saturated heterocycles. The van der Waals surface area contributed by atoms with Crippen molar-refractivity contribution >= 4 is 17.3 Å². The van der Waals surface area contributed by atoms with Crippen molar-refractivity contribution in [1.29, 1.82) is 0 Å². The number of para-hydroxylation sites is 1. The van der Waals surface area contributed by atoms with Gasteiger partial charge in [0, 0.05) is 29.2 Å². The van der Waals surface area contributed by atoms with Crippen LogP contribution < -0.4 is 5.32 Å². The van der Waals surface area contributed by atoms with Crippen LogP contribution >= 0.6 is 11.6 Å². The van der Waals surface area contributed by atoms with E-state index in [2.05, 4.69) is 15.5 Å². The zero-order chi connectivity index (χ0) is 14.5. The highest BCUT2D eigenvalue weighted by atomic mass is 35.5. The van der Waals surface area contributed by atoms with E-state index in [1.807, 2.05) is 54.6 Å². The minimum atomic E-state index is 0.585. The van der Waals surface area contributed by atoms with Crippen LogP contribution in [-0.4, -0.2) is 16.7 Å². The lowest BCUT2D eigenvalue weighted by Gasteiger charge is -2.02. The monoisotopic (exact) mass is 299 g/mol. The Bertz CT molecular complexity index is 695. The van der Waals surface area contributed by atoms with Crippen LogP contribution in [0, 0.1) is 0 Å². The van der Waals surface area contributed by atoms with Gasteiger partial charge in [0.15, 0.2) is 0 Å². The van der Waals surface area contributed by atoms with Gasteiger partial charge in [-0.2, -0.15) is 4.98 Å². The van der Waals surface area contributed by atoms with Crippen molar-refractivity contribution in [3.05, 3.63) is 65.5 Å². The van der Waals surface area contributed by atoms with Gasteiger partial charge in [-0.05, 0) is 36.4 Å². The Morgan fingerprint density at radius 3 is 2.52 bits per heavy atom. The lowest BCUT2D eigenvalue weighted by molar-refractivity contribution is 0.381. The first kappa shape index (κ1) is 13.6. The molecule has 5 heteroatoms. The van der Waals surface area contributed by atoms with E-state index in [1.165, 1.54) is 0 Å². The zero-order valence-corrected chi connectivity index (χ0v) is 12.0. The molecule has 1 N–H and O–H groups in total. The Labute approximate surface area is 127 Å². The summed E-state index contributed by atoms with van der Waals surface area (Å²) in [5, 5.41) is 7.98. The number of hydrogen-bond acceptors (Lipinski definition) is 4. The quantitative estimate of drug-likeness (QED) is 0.772. The molecule has 0 aliphatic carbocycles. The summed E-state index contributed by atoms with van der Waals surface area (Å²) in [4.78, 5) is 4.38. The summed E-state index contributed by atoms with van der Waals surface area (Å²) >= 11 is 5.86. The number of rotatable bonds is 5. The van der Waals surface area contributed by atoms with Gasteiger partial charge >= 0.3 is 0 Å². The molecule has 0 spiro atoms. The molecule has 2 aromatic carbocycles. The second kappa shape index (κ2) is 6.41. The summed E-state index contributed by atoms with van der Waals surface area (Å²) in [5.41, 5.74) is 1.97. The summed E-state index contributed by atoms with van der Waals surface area (Å²) in [7, 11) is 0. The molecule has 0 unspecified atom stereocenters. The van der Waals surface area contributed by atoms with Gasteiger partial charge in [0.2, 0.25) is 11.7 Å². The molecule has 3 aromatic rings. The average Bonchev–Trinajstić information content (AvgIpc) is 2.98. The van der Waals surface area contributed by atoms with Crippen molar-refractivity contribution in [2.45, 2.75) is 6.42 Å². The maximum absolute atomic E-state index is 5.86. The first-order chi connectivity index (χ1) is 10.3. The second-order valence-corrected chi connectivity index (χ2v) is 5.00. The van der Waals surface area contributed by atoms with Crippen molar-refractivity contribution in [2.75, 3.05) is 11.9 Å². The molecule has 106 valence electrons. The van der Waals surface area contributed by atoms with Gasteiger partial charge < -0.3 is 9.84 Å². The lowest BCUT2D eigenvalue weighted by Crippen LogP contribution is -2.04. The van der Waals surface area contributed by atoms with Gasteiger partial charge in [0.05, 0.1) is 0 Å². The molecule has 4 nitrogen and oxygen atoms in total. The third-order valence-electron chi connectivity index (χ3n) is 3.01. The van der Waals surface area contributed by atoms with Crippen molar-refractivity contribution in [2.24, 2.45) is 0 Å². The van der Waals surface area contributed by atoms with E-state index in [0.717, 1.165) is 17.8 Å². The standard InChI is InChI=1S/C16H14ClN3O/c17-13-8-6-12(7-9-13)16-19-15(21-20-16)10-11-18-14-4-2-1-3-5-14/h1-9,18H,10-11H2.